The predicted octanol–water partition coefficient (Wildman–Crippen LogP) is 3.00. The Bertz CT molecular complexity index is 776. The first-order valence-electron chi connectivity index (χ1n) is 8.07. The average molecular weight is 328 g/mol. The van der Waals surface area contributed by atoms with Gasteiger partial charge in [-0.15, -0.1) is 0 Å². The molecule has 0 amide bonds. The van der Waals surface area contributed by atoms with Gasteiger partial charge in [0.2, 0.25) is 0 Å². The maximum Gasteiger partial charge on any atom is 0.151 e. The molecule has 7 heteroatoms. The molecule has 0 aliphatic heterocycles. The highest BCUT2D eigenvalue weighted by Gasteiger charge is 2.19. The first-order chi connectivity index (χ1) is 11.5. The Kier molecular flexibility index (Phi) is 4.69. The van der Waals surface area contributed by atoms with Gasteiger partial charge in [0.15, 0.2) is 5.82 Å². The number of nitrogens with zero attached hydrogens (tertiary/aromatic N) is 6. The minimum absolute atomic E-state index is 0.0881. The lowest BCUT2D eigenvalue weighted by molar-refractivity contribution is 0.514. The zero-order valence-corrected chi connectivity index (χ0v) is 14.1. The quantitative estimate of drug-likeness (QED) is 0.698. The van der Waals surface area contributed by atoms with Gasteiger partial charge in [0.05, 0.1) is 12.2 Å². The van der Waals surface area contributed by atoms with Crippen molar-refractivity contribution in [2.75, 3.05) is 0 Å². The van der Waals surface area contributed by atoms with E-state index in [1.54, 1.807) is 27.8 Å². The van der Waals surface area contributed by atoms with Crippen molar-refractivity contribution in [2.45, 2.75) is 39.7 Å². The molecular weight excluding hydrogens is 307 g/mol. The van der Waals surface area contributed by atoms with E-state index in [1.165, 1.54) is 18.5 Å². The van der Waals surface area contributed by atoms with Gasteiger partial charge in [0, 0.05) is 12.3 Å². The molecule has 0 fully saturated rings. The molecule has 3 rings (SSSR count). The van der Waals surface area contributed by atoms with E-state index < -0.39 is 0 Å². The summed E-state index contributed by atoms with van der Waals surface area (Å²) in [4.78, 5) is 8.70. The largest absolute Gasteiger partial charge is 0.252 e. The summed E-state index contributed by atoms with van der Waals surface area (Å²) in [7, 11) is 0. The fourth-order valence-electron chi connectivity index (χ4n) is 2.60. The summed E-state index contributed by atoms with van der Waals surface area (Å²) in [5.74, 6) is 1.93. The molecule has 2 aromatic heterocycles. The number of halogens is 1. The Balaban J connectivity index is 1.95. The van der Waals surface area contributed by atoms with E-state index in [2.05, 4.69) is 36.0 Å². The molecule has 1 aromatic carbocycles. The van der Waals surface area contributed by atoms with E-state index in [-0.39, 0.29) is 11.7 Å². The molecule has 3 aromatic rings. The Morgan fingerprint density at radius 3 is 2.50 bits per heavy atom. The number of aromatic nitrogens is 6. The molecule has 126 valence electrons. The summed E-state index contributed by atoms with van der Waals surface area (Å²) < 4.78 is 16.8. The smallest absolute Gasteiger partial charge is 0.151 e. The van der Waals surface area contributed by atoms with Crippen LogP contribution in [0.1, 0.15) is 38.3 Å². The van der Waals surface area contributed by atoms with E-state index in [0.717, 1.165) is 23.8 Å². The van der Waals surface area contributed by atoms with Crippen LogP contribution in [0.5, 0.6) is 0 Å². The topological polar surface area (TPSA) is 61.4 Å². The van der Waals surface area contributed by atoms with Crippen molar-refractivity contribution in [1.82, 2.24) is 29.5 Å². The molecule has 2 heterocycles. The highest BCUT2D eigenvalue weighted by molar-refractivity contribution is 5.32. The van der Waals surface area contributed by atoms with Crippen molar-refractivity contribution in [2.24, 2.45) is 5.92 Å². The molecule has 0 aliphatic rings. The lowest BCUT2D eigenvalue weighted by Gasteiger charge is -2.12. The van der Waals surface area contributed by atoms with Crippen LogP contribution in [0.3, 0.4) is 0 Å². The molecule has 1 atom stereocenters. The maximum absolute atomic E-state index is 13.2. The third kappa shape index (κ3) is 3.67. The van der Waals surface area contributed by atoms with Gasteiger partial charge < -0.3 is 0 Å². The molecule has 24 heavy (non-hydrogen) atoms. The van der Waals surface area contributed by atoms with Crippen molar-refractivity contribution in [3.05, 3.63) is 54.4 Å². The summed E-state index contributed by atoms with van der Waals surface area (Å²) in [5.41, 5.74) is 0.805. The third-order valence-electron chi connectivity index (χ3n) is 3.71. The predicted molar refractivity (Wildman–Crippen MR) is 88.3 cm³/mol. The van der Waals surface area contributed by atoms with E-state index in [4.69, 9.17) is 4.98 Å². The number of hydrogen-bond acceptors (Lipinski definition) is 4. The summed E-state index contributed by atoms with van der Waals surface area (Å²) in [6.07, 6.45) is 4.00. The lowest BCUT2D eigenvalue weighted by atomic mass is 10.1. The average Bonchev–Trinajstić information content (AvgIpc) is 3.17. The van der Waals surface area contributed by atoms with Crippen molar-refractivity contribution >= 4 is 0 Å². The number of hydrogen-bond donors (Lipinski definition) is 0. The molecule has 0 saturated carbocycles. The van der Waals surface area contributed by atoms with Gasteiger partial charge in [-0.3, -0.25) is 4.68 Å². The van der Waals surface area contributed by atoms with Gasteiger partial charge in [-0.05, 0) is 30.2 Å². The van der Waals surface area contributed by atoms with Gasteiger partial charge in [-0.2, -0.15) is 10.2 Å². The minimum atomic E-state index is -0.265. The highest BCUT2D eigenvalue weighted by Crippen LogP contribution is 2.20. The van der Waals surface area contributed by atoms with Crippen molar-refractivity contribution < 1.29 is 4.39 Å². The molecule has 0 spiro atoms. The van der Waals surface area contributed by atoms with Crippen molar-refractivity contribution in [3.63, 3.8) is 0 Å². The fraction of sp³-hybridized carbons (Fsp3) is 0.412. The maximum atomic E-state index is 13.2. The molecule has 0 N–H and O–H groups in total. The summed E-state index contributed by atoms with van der Waals surface area (Å²) >= 11 is 0. The molecule has 1 unspecified atom stereocenters. The van der Waals surface area contributed by atoms with Crippen LogP contribution in [0.2, 0.25) is 0 Å². The van der Waals surface area contributed by atoms with E-state index in [9.17, 15) is 4.39 Å². The first-order valence-corrected chi connectivity index (χ1v) is 8.07. The van der Waals surface area contributed by atoms with Crippen LogP contribution in [0, 0.1) is 11.7 Å². The molecule has 0 radical (unpaired) electrons. The van der Waals surface area contributed by atoms with Crippen LogP contribution in [0.4, 0.5) is 4.39 Å². The zero-order valence-electron chi connectivity index (χ0n) is 14.1. The van der Waals surface area contributed by atoms with Crippen LogP contribution >= 0.6 is 0 Å². The van der Waals surface area contributed by atoms with Crippen LogP contribution in [-0.2, 0) is 13.0 Å². The zero-order chi connectivity index (χ0) is 17.1. The molecule has 0 saturated heterocycles. The molecular formula is C17H21FN6. The normalized spacial score (nSPS) is 12.7. The van der Waals surface area contributed by atoms with Crippen molar-refractivity contribution in [3.8, 4) is 5.69 Å². The van der Waals surface area contributed by atoms with E-state index >= 15 is 0 Å². The van der Waals surface area contributed by atoms with Crippen LogP contribution in [0.25, 0.3) is 5.69 Å². The molecule has 0 aliphatic carbocycles. The SMILES string of the molecule is CC(C)Cc1nc(C(C)Cn2cncn2)n(-c2ccc(F)cc2)n1. The summed E-state index contributed by atoms with van der Waals surface area (Å²) in [6, 6.07) is 6.31. The Morgan fingerprint density at radius 1 is 1.12 bits per heavy atom. The number of benzene rings is 1. The Hall–Kier alpha value is -2.57. The molecule has 6 nitrogen and oxygen atoms in total. The van der Waals surface area contributed by atoms with E-state index in [0.29, 0.717) is 12.5 Å². The minimum Gasteiger partial charge on any atom is -0.252 e. The van der Waals surface area contributed by atoms with Gasteiger partial charge in [-0.25, -0.2) is 19.0 Å². The Morgan fingerprint density at radius 2 is 1.88 bits per heavy atom. The standard InChI is InChI=1S/C17H21FN6/c1-12(2)8-16-21-17(13(3)9-23-11-19-10-20-23)24(22-16)15-6-4-14(18)5-7-15/h4-7,10-13H,8-9H2,1-3H3. The first kappa shape index (κ1) is 16.3. The molecule has 0 bridgehead atoms. The summed E-state index contributed by atoms with van der Waals surface area (Å²) in [6.45, 7) is 7.00. The van der Waals surface area contributed by atoms with E-state index in [1.807, 2.05) is 0 Å². The summed E-state index contributed by atoms with van der Waals surface area (Å²) in [5, 5.41) is 8.79. The lowest BCUT2D eigenvalue weighted by Crippen LogP contribution is -2.12. The Labute approximate surface area is 140 Å². The van der Waals surface area contributed by atoms with Crippen LogP contribution < -0.4 is 0 Å². The van der Waals surface area contributed by atoms with Crippen molar-refractivity contribution in [1.29, 1.82) is 0 Å². The van der Waals surface area contributed by atoms with Gasteiger partial charge >= 0.3 is 0 Å². The monoisotopic (exact) mass is 328 g/mol. The fourth-order valence-corrected chi connectivity index (χ4v) is 2.60. The third-order valence-corrected chi connectivity index (χ3v) is 3.71. The van der Waals surface area contributed by atoms with Crippen LogP contribution in [-0.4, -0.2) is 29.5 Å². The van der Waals surface area contributed by atoms with Gasteiger partial charge in [-0.1, -0.05) is 20.8 Å². The van der Waals surface area contributed by atoms with Crippen LogP contribution in [0.15, 0.2) is 36.9 Å². The second-order valence-electron chi connectivity index (χ2n) is 6.39. The number of rotatable bonds is 6. The van der Waals surface area contributed by atoms with Gasteiger partial charge in [0.1, 0.15) is 24.3 Å². The second kappa shape index (κ2) is 6.90. The second-order valence-corrected chi connectivity index (χ2v) is 6.39. The van der Waals surface area contributed by atoms with Gasteiger partial charge in [0.25, 0.3) is 0 Å². The highest BCUT2D eigenvalue weighted by atomic mass is 19.1.